The fourth-order valence-electron chi connectivity index (χ4n) is 4.36. The third-order valence-electron chi connectivity index (χ3n) is 6.08. The van der Waals surface area contributed by atoms with E-state index in [1.807, 2.05) is 24.3 Å². The first-order valence-electron chi connectivity index (χ1n) is 10.7. The second-order valence-corrected chi connectivity index (χ2v) is 10.9. The lowest BCUT2D eigenvalue weighted by atomic mass is 9.94. The summed E-state index contributed by atoms with van der Waals surface area (Å²) in [4.78, 5) is 13.3. The van der Waals surface area contributed by atoms with E-state index in [0.717, 1.165) is 11.1 Å². The van der Waals surface area contributed by atoms with Crippen LogP contribution in [-0.2, 0) is 9.84 Å². The lowest BCUT2D eigenvalue weighted by Crippen LogP contribution is -2.24. The summed E-state index contributed by atoms with van der Waals surface area (Å²) in [5, 5.41) is 4.46. The molecule has 0 bridgehead atoms. The van der Waals surface area contributed by atoms with E-state index >= 15 is 0 Å². The first kappa shape index (κ1) is 23.5. The highest BCUT2D eigenvalue weighted by Crippen LogP contribution is 2.44. The van der Waals surface area contributed by atoms with Crippen LogP contribution in [0.2, 0.25) is 10.0 Å². The summed E-state index contributed by atoms with van der Waals surface area (Å²) in [6.07, 6.45) is 0. The van der Waals surface area contributed by atoms with Crippen molar-refractivity contribution in [3.05, 3.63) is 116 Å². The molecule has 3 aromatic carbocycles. The number of nitrogens with one attached hydrogen (secondary N) is 1. The first-order valence-corrected chi connectivity index (χ1v) is 13.0. The Bertz CT molecular complexity index is 1550. The van der Waals surface area contributed by atoms with Crippen LogP contribution in [0, 0.1) is 0 Å². The molecule has 0 fully saturated rings. The fourth-order valence-corrected chi connectivity index (χ4v) is 6.02. The Kier molecular flexibility index (Phi) is 6.09. The molecule has 35 heavy (non-hydrogen) atoms. The van der Waals surface area contributed by atoms with E-state index in [1.165, 1.54) is 35.9 Å². The molecule has 0 saturated carbocycles. The van der Waals surface area contributed by atoms with Crippen LogP contribution in [0.25, 0.3) is 0 Å². The van der Waals surface area contributed by atoms with Crippen LogP contribution in [0.5, 0.6) is 5.75 Å². The first-order chi connectivity index (χ1) is 16.8. The summed E-state index contributed by atoms with van der Waals surface area (Å²) in [7, 11) is -2.44. The molecular weight excluding hydrogens is 507 g/mol. The zero-order valence-electron chi connectivity index (χ0n) is 18.5. The summed E-state index contributed by atoms with van der Waals surface area (Å²) in [5.41, 5.74) is 1.34. The molecule has 0 aliphatic carbocycles. The van der Waals surface area contributed by atoms with Gasteiger partial charge in [0.2, 0.25) is 9.84 Å². The number of fused-ring (bicyclic) bond motifs is 1. The summed E-state index contributed by atoms with van der Waals surface area (Å²) >= 11 is 12.2. The normalized spacial score (nSPS) is 17.0. The van der Waals surface area contributed by atoms with Gasteiger partial charge < -0.3 is 10.1 Å². The number of hydrogen-bond donors (Lipinski definition) is 1. The number of benzene rings is 3. The molecule has 5 rings (SSSR count). The highest BCUT2D eigenvalue weighted by Gasteiger charge is 2.39. The highest BCUT2D eigenvalue weighted by atomic mass is 35.5. The van der Waals surface area contributed by atoms with Crippen molar-refractivity contribution in [2.45, 2.75) is 21.9 Å². The Hall–Kier alpha value is -3.26. The maximum absolute atomic E-state index is 13.6. The predicted octanol–water partition coefficient (Wildman–Crippen LogP) is 5.75. The van der Waals surface area contributed by atoms with E-state index < -0.39 is 21.9 Å². The molecule has 1 aliphatic rings. The van der Waals surface area contributed by atoms with Crippen molar-refractivity contribution in [1.82, 2.24) is 4.57 Å². The average molecular weight is 527 g/mol. The minimum absolute atomic E-state index is 0.0118. The highest BCUT2D eigenvalue weighted by molar-refractivity contribution is 7.91. The zero-order valence-corrected chi connectivity index (χ0v) is 20.8. The van der Waals surface area contributed by atoms with Crippen LogP contribution >= 0.6 is 23.2 Å². The molecule has 0 radical (unpaired) electrons. The number of pyridine rings is 1. The number of rotatable bonds is 5. The third-order valence-corrected chi connectivity index (χ3v) is 8.38. The topological polar surface area (TPSA) is 77.4 Å². The van der Waals surface area contributed by atoms with E-state index in [0.29, 0.717) is 15.8 Å². The van der Waals surface area contributed by atoms with E-state index in [-0.39, 0.29) is 21.2 Å². The lowest BCUT2D eigenvalue weighted by molar-refractivity contribution is 0.414. The molecule has 2 heterocycles. The molecule has 0 saturated heterocycles. The quantitative estimate of drug-likeness (QED) is 0.358. The third kappa shape index (κ3) is 4.20. The van der Waals surface area contributed by atoms with Gasteiger partial charge in [-0.3, -0.25) is 9.36 Å². The number of ether oxygens (including phenoxy) is 1. The molecule has 9 heteroatoms. The number of methoxy groups -OCH3 is 1. The van der Waals surface area contributed by atoms with Gasteiger partial charge in [0.1, 0.15) is 16.5 Å². The lowest BCUT2D eigenvalue weighted by Gasteiger charge is -2.22. The molecular formula is C26H20Cl2N2O4S. The molecule has 0 amide bonds. The molecule has 4 aromatic rings. The average Bonchev–Trinajstić information content (AvgIpc) is 3.26. The maximum atomic E-state index is 13.6. The number of sulfone groups is 1. The molecule has 1 aromatic heterocycles. The predicted molar refractivity (Wildman–Crippen MR) is 137 cm³/mol. The van der Waals surface area contributed by atoms with Crippen molar-refractivity contribution in [1.29, 1.82) is 0 Å². The second-order valence-electron chi connectivity index (χ2n) is 8.10. The van der Waals surface area contributed by atoms with Crippen molar-refractivity contribution in [2.24, 2.45) is 0 Å². The van der Waals surface area contributed by atoms with Gasteiger partial charge in [0.05, 0.1) is 24.1 Å². The van der Waals surface area contributed by atoms with Crippen LogP contribution in [0.15, 0.2) is 99.5 Å². The van der Waals surface area contributed by atoms with Gasteiger partial charge in [0, 0.05) is 16.1 Å². The van der Waals surface area contributed by atoms with Crippen molar-refractivity contribution in [2.75, 3.05) is 12.4 Å². The van der Waals surface area contributed by atoms with Crippen molar-refractivity contribution < 1.29 is 13.2 Å². The Morgan fingerprint density at radius 3 is 1.94 bits per heavy atom. The molecule has 0 spiro atoms. The molecule has 178 valence electrons. The minimum Gasteiger partial charge on any atom is -0.497 e. The number of hydrogen-bond acceptors (Lipinski definition) is 5. The minimum atomic E-state index is -3.95. The zero-order chi connectivity index (χ0) is 24.7. The van der Waals surface area contributed by atoms with Crippen LogP contribution in [0.4, 0.5) is 5.82 Å². The number of aromatic nitrogens is 1. The largest absolute Gasteiger partial charge is 0.497 e. The maximum Gasteiger partial charge on any atom is 0.252 e. The summed E-state index contributed by atoms with van der Waals surface area (Å²) in [6, 6.07) is 22.3. The number of nitrogens with zero attached hydrogens (tertiary/aromatic N) is 1. The van der Waals surface area contributed by atoms with Crippen molar-refractivity contribution in [3.8, 4) is 5.75 Å². The Morgan fingerprint density at radius 2 is 1.37 bits per heavy atom. The summed E-state index contributed by atoms with van der Waals surface area (Å²) in [5.74, 6) is 0.774. The van der Waals surface area contributed by atoms with E-state index in [1.54, 1.807) is 36.4 Å². The van der Waals surface area contributed by atoms with Gasteiger partial charge in [-0.2, -0.15) is 0 Å². The number of halogens is 2. The fraction of sp³-hybridized carbons (Fsp3) is 0.115. The summed E-state index contributed by atoms with van der Waals surface area (Å²) < 4.78 is 33.9. The molecule has 0 unspecified atom stereocenters. The smallest absolute Gasteiger partial charge is 0.252 e. The standard InChI is InChI=1S/C26H20Cl2N2O4S/c1-34-20-10-12-21(13-11-20)35(32,33)22-14-15-23(31)30-25(17-4-8-19(28)9-5-17)24(29-26(22)30)16-2-6-18(27)7-3-16/h2-15,24-25,29H,1H3/t24-,25+/m1/s1. The number of anilines is 1. The SMILES string of the molecule is COc1ccc(S(=O)(=O)c2ccc(=O)n3c2N[C@H](c2ccc(Cl)cc2)[C@@H]3c2ccc(Cl)cc2)cc1. The Labute approximate surface area is 212 Å². The van der Waals surface area contributed by atoms with Gasteiger partial charge in [-0.15, -0.1) is 0 Å². The van der Waals surface area contributed by atoms with Crippen LogP contribution in [-0.4, -0.2) is 20.1 Å². The van der Waals surface area contributed by atoms with Crippen LogP contribution < -0.4 is 15.6 Å². The van der Waals surface area contributed by atoms with Crippen LogP contribution in [0.1, 0.15) is 23.2 Å². The van der Waals surface area contributed by atoms with E-state index in [9.17, 15) is 13.2 Å². The molecule has 1 N–H and O–H groups in total. The molecule has 6 nitrogen and oxygen atoms in total. The van der Waals surface area contributed by atoms with Gasteiger partial charge in [0.25, 0.3) is 5.56 Å². The van der Waals surface area contributed by atoms with Gasteiger partial charge in [-0.25, -0.2) is 8.42 Å². The van der Waals surface area contributed by atoms with Crippen molar-refractivity contribution in [3.63, 3.8) is 0 Å². The van der Waals surface area contributed by atoms with Gasteiger partial charge in [-0.1, -0.05) is 47.5 Å². The Balaban J connectivity index is 1.71. The second kappa shape index (κ2) is 9.07. The van der Waals surface area contributed by atoms with Gasteiger partial charge in [-0.05, 0) is 65.7 Å². The van der Waals surface area contributed by atoms with Crippen LogP contribution in [0.3, 0.4) is 0 Å². The molecule has 1 aliphatic heterocycles. The van der Waals surface area contributed by atoms with E-state index in [4.69, 9.17) is 27.9 Å². The van der Waals surface area contributed by atoms with Crippen molar-refractivity contribution >= 4 is 38.9 Å². The molecule has 2 atom stereocenters. The van der Waals surface area contributed by atoms with Gasteiger partial charge in [0.15, 0.2) is 0 Å². The van der Waals surface area contributed by atoms with Gasteiger partial charge >= 0.3 is 0 Å². The van der Waals surface area contributed by atoms with E-state index in [2.05, 4.69) is 5.32 Å². The monoisotopic (exact) mass is 526 g/mol. The summed E-state index contributed by atoms with van der Waals surface area (Å²) in [6.45, 7) is 0. The Morgan fingerprint density at radius 1 is 0.800 bits per heavy atom.